The maximum Gasteiger partial charge on any atom is 0.335 e. The average Bonchev–Trinajstić information content (AvgIpc) is 2.96. The zero-order chi connectivity index (χ0) is 29.0. The normalized spacial score (nSPS) is 10.5. The van der Waals surface area contributed by atoms with Gasteiger partial charge < -0.3 is 34.5 Å². The molecule has 3 aromatic carbocycles. The van der Waals surface area contributed by atoms with E-state index in [1.165, 1.54) is 0 Å². The summed E-state index contributed by atoms with van der Waals surface area (Å²) in [6.07, 6.45) is 0.879. The first-order valence-corrected chi connectivity index (χ1v) is 12.6. The van der Waals surface area contributed by atoms with Crippen molar-refractivity contribution in [2.75, 3.05) is 25.7 Å². The van der Waals surface area contributed by atoms with E-state index in [0.717, 1.165) is 16.8 Å². The molecular formula is C30H30N4O7. The van der Waals surface area contributed by atoms with Crippen LogP contribution >= 0.6 is 0 Å². The summed E-state index contributed by atoms with van der Waals surface area (Å²) < 4.78 is 20.6. The number of benzene rings is 3. The lowest BCUT2D eigenvalue weighted by Gasteiger charge is -2.11. The molecule has 0 saturated heterocycles. The number of carbonyl (C=O) groups excluding carboxylic acids is 1. The van der Waals surface area contributed by atoms with Gasteiger partial charge in [0.1, 0.15) is 28.9 Å². The van der Waals surface area contributed by atoms with E-state index in [4.69, 9.17) is 34.1 Å². The molecule has 0 fully saturated rings. The lowest BCUT2D eigenvalue weighted by molar-refractivity contribution is -0.145. The van der Waals surface area contributed by atoms with Gasteiger partial charge in [-0.05, 0) is 66.6 Å². The summed E-state index contributed by atoms with van der Waals surface area (Å²) in [5, 5.41) is 21.1. The molecule has 0 bridgehead atoms. The van der Waals surface area contributed by atoms with Crippen molar-refractivity contribution in [3.63, 3.8) is 0 Å². The van der Waals surface area contributed by atoms with Gasteiger partial charge in [-0.1, -0.05) is 30.8 Å². The number of aliphatic hydroxyl groups is 2. The van der Waals surface area contributed by atoms with E-state index in [9.17, 15) is 4.79 Å². The van der Waals surface area contributed by atoms with Crippen LogP contribution in [-0.2, 0) is 22.4 Å². The Labute approximate surface area is 237 Å². The van der Waals surface area contributed by atoms with Crippen LogP contribution in [0.2, 0.25) is 0 Å². The van der Waals surface area contributed by atoms with Crippen molar-refractivity contribution < 1.29 is 34.0 Å². The number of aromatic nitrogens is 3. The summed E-state index contributed by atoms with van der Waals surface area (Å²) in [6, 6.07) is 21.6. The molecule has 11 nitrogen and oxygen atoms in total. The molecule has 4 rings (SSSR count). The number of ether oxygens (including phenoxy) is 4. The van der Waals surface area contributed by atoms with E-state index < -0.39 is 19.6 Å². The first-order valence-electron chi connectivity index (χ1n) is 12.6. The second kappa shape index (κ2) is 14.4. The van der Waals surface area contributed by atoms with Crippen LogP contribution in [0.25, 0.3) is 0 Å². The van der Waals surface area contributed by atoms with E-state index in [1.54, 1.807) is 55.5 Å². The Morgan fingerprint density at radius 2 is 1.20 bits per heavy atom. The molecular weight excluding hydrogens is 528 g/mol. The van der Waals surface area contributed by atoms with Gasteiger partial charge in [0, 0.05) is 24.1 Å². The summed E-state index contributed by atoms with van der Waals surface area (Å²) in [5.74, 6) is 2.62. The van der Waals surface area contributed by atoms with Crippen molar-refractivity contribution >= 4 is 17.6 Å². The highest BCUT2D eigenvalue weighted by Gasteiger charge is 2.11. The number of nitrogens with one attached hydrogen (secondary N) is 1. The Bertz CT molecular complexity index is 1370. The fourth-order valence-electron chi connectivity index (χ4n) is 3.64. The summed E-state index contributed by atoms with van der Waals surface area (Å²) in [6.45, 7) is 4.09. The molecule has 212 valence electrons. The quantitative estimate of drug-likeness (QED) is 0.118. The average molecular weight is 559 g/mol. The van der Waals surface area contributed by atoms with Gasteiger partial charge >= 0.3 is 5.97 Å². The fourth-order valence-corrected chi connectivity index (χ4v) is 3.64. The zero-order valence-electron chi connectivity index (χ0n) is 22.4. The molecule has 0 aliphatic heterocycles. The molecule has 1 heterocycles. The number of esters is 1. The van der Waals surface area contributed by atoms with E-state index in [0.29, 0.717) is 53.3 Å². The largest absolute Gasteiger partial charge is 0.468 e. The first kappa shape index (κ1) is 29.0. The maximum absolute atomic E-state index is 11.5. The number of aliphatic hydroxyl groups excluding tert-OH is 2. The molecule has 0 saturated carbocycles. The highest BCUT2D eigenvalue weighted by molar-refractivity contribution is 5.86. The minimum absolute atomic E-state index is 0.211. The molecule has 3 N–H and O–H groups in total. The second-order valence-corrected chi connectivity index (χ2v) is 8.80. The van der Waals surface area contributed by atoms with Crippen molar-refractivity contribution in [3.05, 3.63) is 108 Å². The Balaban J connectivity index is 1.50. The number of carbonyl (C=O) groups is 1. The smallest absolute Gasteiger partial charge is 0.335 e. The van der Waals surface area contributed by atoms with Gasteiger partial charge in [-0.2, -0.15) is 9.97 Å². The Morgan fingerprint density at radius 1 is 0.732 bits per heavy atom. The van der Waals surface area contributed by atoms with E-state index in [2.05, 4.69) is 21.9 Å². The summed E-state index contributed by atoms with van der Waals surface area (Å²) >= 11 is 0. The van der Waals surface area contributed by atoms with Gasteiger partial charge in [-0.25, -0.2) is 9.78 Å². The second-order valence-electron chi connectivity index (χ2n) is 8.80. The lowest BCUT2D eigenvalue weighted by atomic mass is 10.1. The first-order chi connectivity index (χ1) is 19.9. The topological polar surface area (TPSA) is 145 Å². The van der Waals surface area contributed by atoms with E-state index >= 15 is 0 Å². The third-order valence-corrected chi connectivity index (χ3v) is 5.64. The molecule has 0 aliphatic rings. The van der Waals surface area contributed by atoms with Crippen molar-refractivity contribution in [3.8, 4) is 17.2 Å². The van der Waals surface area contributed by atoms with Crippen LogP contribution in [-0.4, -0.2) is 51.5 Å². The number of hydrogen-bond acceptors (Lipinski definition) is 11. The van der Waals surface area contributed by atoms with Crippen LogP contribution in [0.1, 0.15) is 29.7 Å². The van der Waals surface area contributed by atoms with E-state index in [1.807, 2.05) is 24.3 Å². The van der Waals surface area contributed by atoms with Crippen molar-refractivity contribution in [1.29, 1.82) is 0 Å². The Kier molecular flexibility index (Phi) is 10.2. The molecule has 0 unspecified atom stereocenters. The number of rotatable bonds is 14. The number of anilines is 2. The predicted molar refractivity (Wildman–Crippen MR) is 150 cm³/mol. The van der Waals surface area contributed by atoms with Gasteiger partial charge in [-0.3, -0.25) is 0 Å². The van der Waals surface area contributed by atoms with Crippen LogP contribution < -0.4 is 19.5 Å². The molecule has 0 aliphatic carbocycles. The van der Waals surface area contributed by atoms with Crippen LogP contribution in [0.3, 0.4) is 0 Å². The molecule has 1 aromatic heterocycles. The predicted octanol–water partition coefficient (Wildman–Crippen LogP) is 3.91. The van der Waals surface area contributed by atoms with Crippen LogP contribution in [0.15, 0.2) is 84.9 Å². The van der Waals surface area contributed by atoms with Crippen molar-refractivity contribution in [2.24, 2.45) is 0 Å². The molecule has 41 heavy (non-hydrogen) atoms. The monoisotopic (exact) mass is 558 g/mol. The minimum Gasteiger partial charge on any atom is -0.468 e. The summed E-state index contributed by atoms with van der Waals surface area (Å²) in [7, 11) is 0. The van der Waals surface area contributed by atoms with Crippen molar-refractivity contribution in [1.82, 2.24) is 15.0 Å². The SMILES string of the molecule is C=C(C)C(=O)OCOc1ccc(Cc2nc(Cc3ccc(OCO)cc3)nc(Nc3ccc(OCO)cc3)n2)cc1. The molecule has 0 atom stereocenters. The van der Waals surface area contributed by atoms with Gasteiger partial charge in [0.15, 0.2) is 13.6 Å². The molecule has 0 spiro atoms. The summed E-state index contributed by atoms with van der Waals surface area (Å²) in [4.78, 5) is 25.4. The van der Waals surface area contributed by atoms with Gasteiger partial charge in [0.2, 0.25) is 12.7 Å². The van der Waals surface area contributed by atoms with Gasteiger partial charge in [-0.15, -0.1) is 0 Å². The molecule has 4 aromatic rings. The third-order valence-electron chi connectivity index (χ3n) is 5.64. The van der Waals surface area contributed by atoms with Gasteiger partial charge in [0.05, 0.1) is 0 Å². The standard InChI is InChI=1S/C30H30N4O7/c1-20(2)29(37)41-19-40-26-11-5-22(6-12-26)16-28-32-27(15-21-3-9-24(10-4-21)38-17-35)33-30(34-28)31-23-7-13-25(14-8-23)39-18-36/h3-14,35-36H,1,15-19H2,2H3,(H,31,32,33,34). The minimum atomic E-state index is -0.513. The number of hydrogen-bond donors (Lipinski definition) is 3. The van der Waals surface area contributed by atoms with Crippen LogP contribution in [0.4, 0.5) is 11.6 Å². The van der Waals surface area contributed by atoms with Crippen molar-refractivity contribution in [2.45, 2.75) is 19.8 Å². The lowest BCUT2D eigenvalue weighted by Crippen LogP contribution is -2.10. The van der Waals surface area contributed by atoms with Gasteiger partial charge in [0.25, 0.3) is 0 Å². The van der Waals surface area contributed by atoms with Crippen LogP contribution in [0.5, 0.6) is 17.2 Å². The van der Waals surface area contributed by atoms with Crippen LogP contribution in [0, 0.1) is 0 Å². The third kappa shape index (κ3) is 9.02. The molecule has 11 heteroatoms. The zero-order valence-corrected chi connectivity index (χ0v) is 22.4. The summed E-state index contributed by atoms with van der Waals surface area (Å²) in [5.41, 5.74) is 2.93. The molecule has 0 amide bonds. The van der Waals surface area contributed by atoms with E-state index in [-0.39, 0.29) is 6.79 Å². The highest BCUT2D eigenvalue weighted by Crippen LogP contribution is 2.21. The Morgan fingerprint density at radius 3 is 1.66 bits per heavy atom. The molecule has 0 radical (unpaired) electrons. The fraction of sp³-hybridized carbons (Fsp3) is 0.200. The highest BCUT2D eigenvalue weighted by atomic mass is 16.7. The number of nitrogens with zero attached hydrogens (tertiary/aromatic N) is 3. The Hall–Kier alpha value is -5.00. The maximum atomic E-state index is 11.5.